The molecule has 0 saturated heterocycles. The van der Waals surface area contributed by atoms with Crippen molar-refractivity contribution in [1.29, 1.82) is 0 Å². The third kappa shape index (κ3) is 5.60. The Kier molecular flexibility index (Phi) is 7.91. The van der Waals surface area contributed by atoms with Crippen molar-refractivity contribution in [2.24, 2.45) is 0 Å². The highest BCUT2D eigenvalue weighted by molar-refractivity contribution is 6.24. The van der Waals surface area contributed by atoms with Gasteiger partial charge < -0.3 is 13.7 Å². The standard InChI is InChI=1S/C60H37NO2/c1-2-14-38(15-3-1)39-28-32-43(33-29-39)61(44-34-30-40(31-35-44)47-23-12-24-51-50-22-10-11-27-56(50)62-58(47)51)55-26-13-25-52-54-37-42-17-5-7-19-46(42)57(60(54)63-59(52)55)53-36-41-16-4-6-18-45(41)48-20-8-9-21-49(48)53/h1-37H. The van der Waals surface area contributed by atoms with Gasteiger partial charge in [-0.15, -0.1) is 0 Å². The quantitative estimate of drug-likeness (QED) is 0.157. The number of fused-ring (bicyclic) bond motifs is 10. The van der Waals surface area contributed by atoms with Crippen molar-refractivity contribution in [3.8, 4) is 33.4 Å². The molecule has 0 saturated carbocycles. The molecule has 63 heavy (non-hydrogen) atoms. The second kappa shape index (κ2) is 14.1. The van der Waals surface area contributed by atoms with Crippen molar-refractivity contribution >= 4 is 93.3 Å². The summed E-state index contributed by atoms with van der Waals surface area (Å²) in [6.07, 6.45) is 0. The number of nitrogens with zero attached hydrogens (tertiary/aromatic N) is 1. The van der Waals surface area contributed by atoms with Crippen molar-refractivity contribution in [1.82, 2.24) is 0 Å². The predicted molar refractivity (Wildman–Crippen MR) is 265 cm³/mol. The number of hydrogen-bond donors (Lipinski definition) is 0. The van der Waals surface area contributed by atoms with E-state index < -0.39 is 0 Å². The van der Waals surface area contributed by atoms with Gasteiger partial charge in [-0.1, -0.05) is 176 Å². The van der Waals surface area contributed by atoms with Gasteiger partial charge >= 0.3 is 0 Å². The minimum Gasteiger partial charge on any atom is -0.455 e. The van der Waals surface area contributed by atoms with Gasteiger partial charge in [0.15, 0.2) is 5.58 Å². The van der Waals surface area contributed by atoms with Crippen molar-refractivity contribution < 1.29 is 8.83 Å². The molecule has 2 heterocycles. The molecule has 0 aliphatic carbocycles. The number of rotatable bonds is 6. The first-order valence-electron chi connectivity index (χ1n) is 21.5. The molecule has 0 aliphatic rings. The van der Waals surface area contributed by atoms with Crippen LogP contribution in [0.15, 0.2) is 233 Å². The van der Waals surface area contributed by atoms with Gasteiger partial charge in [-0.05, 0) is 103 Å². The molecule has 0 spiro atoms. The molecule has 0 bridgehead atoms. The van der Waals surface area contributed by atoms with E-state index in [1.54, 1.807) is 0 Å². The van der Waals surface area contributed by atoms with Gasteiger partial charge in [-0.3, -0.25) is 0 Å². The molecule has 13 aromatic rings. The number of anilines is 3. The zero-order chi connectivity index (χ0) is 41.4. The first kappa shape index (κ1) is 35.4. The molecule has 2 aromatic heterocycles. The highest BCUT2D eigenvalue weighted by atomic mass is 16.3. The Hall–Kier alpha value is -8.40. The summed E-state index contributed by atoms with van der Waals surface area (Å²) in [7, 11) is 0. The fraction of sp³-hybridized carbons (Fsp3) is 0. The summed E-state index contributed by atoms with van der Waals surface area (Å²) >= 11 is 0. The van der Waals surface area contributed by atoms with Crippen molar-refractivity contribution in [2.45, 2.75) is 0 Å². The first-order chi connectivity index (χ1) is 31.2. The van der Waals surface area contributed by atoms with Crippen LogP contribution in [-0.2, 0) is 0 Å². The summed E-state index contributed by atoms with van der Waals surface area (Å²) < 4.78 is 13.8. The predicted octanol–water partition coefficient (Wildman–Crippen LogP) is 17.4. The number of hydrogen-bond acceptors (Lipinski definition) is 3. The molecule has 0 aliphatic heterocycles. The highest BCUT2D eigenvalue weighted by Gasteiger charge is 2.24. The molecule has 3 heteroatoms. The van der Waals surface area contributed by atoms with Gasteiger partial charge in [0.25, 0.3) is 0 Å². The zero-order valence-electron chi connectivity index (χ0n) is 34.1. The van der Waals surface area contributed by atoms with Crippen molar-refractivity contribution in [3.05, 3.63) is 224 Å². The average Bonchev–Trinajstić information content (AvgIpc) is 3.93. The minimum atomic E-state index is 0.831. The molecule has 0 amide bonds. The molecule has 11 aromatic carbocycles. The van der Waals surface area contributed by atoms with Crippen molar-refractivity contribution in [2.75, 3.05) is 4.90 Å². The van der Waals surface area contributed by atoms with Crippen LogP contribution in [-0.4, -0.2) is 0 Å². The maximum absolute atomic E-state index is 7.37. The minimum absolute atomic E-state index is 0.831. The van der Waals surface area contributed by atoms with E-state index in [1.165, 1.54) is 32.5 Å². The molecule has 0 unspecified atom stereocenters. The molecule has 294 valence electrons. The lowest BCUT2D eigenvalue weighted by Gasteiger charge is -2.26. The van der Waals surface area contributed by atoms with E-state index in [0.717, 1.165) is 94.1 Å². The Morgan fingerprint density at radius 1 is 0.286 bits per heavy atom. The van der Waals surface area contributed by atoms with E-state index in [4.69, 9.17) is 8.83 Å². The zero-order valence-corrected chi connectivity index (χ0v) is 34.1. The van der Waals surface area contributed by atoms with E-state index in [9.17, 15) is 0 Å². The monoisotopic (exact) mass is 803 g/mol. The lowest BCUT2D eigenvalue weighted by molar-refractivity contribution is 0.670. The summed E-state index contributed by atoms with van der Waals surface area (Å²) in [6, 6.07) is 80.3. The van der Waals surface area contributed by atoms with E-state index in [2.05, 4.69) is 217 Å². The van der Waals surface area contributed by atoms with Crippen LogP contribution >= 0.6 is 0 Å². The summed E-state index contributed by atoms with van der Waals surface area (Å²) in [5.74, 6) is 0. The van der Waals surface area contributed by atoms with Gasteiger partial charge in [-0.2, -0.15) is 0 Å². The van der Waals surface area contributed by atoms with E-state index >= 15 is 0 Å². The van der Waals surface area contributed by atoms with Gasteiger partial charge in [0.2, 0.25) is 0 Å². The summed E-state index contributed by atoms with van der Waals surface area (Å²) in [4.78, 5) is 2.33. The van der Waals surface area contributed by atoms with Crippen LogP contribution in [0.3, 0.4) is 0 Å². The summed E-state index contributed by atoms with van der Waals surface area (Å²) in [5, 5.41) is 11.6. The molecule has 0 radical (unpaired) electrons. The number of para-hydroxylation sites is 3. The smallest absolute Gasteiger partial charge is 0.159 e. The van der Waals surface area contributed by atoms with Crippen LogP contribution in [0.4, 0.5) is 17.1 Å². The molecular formula is C60H37NO2. The largest absolute Gasteiger partial charge is 0.455 e. The summed E-state index contributed by atoms with van der Waals surface area (Å²) in [5.41, 5.74) is 13.3. The Balaban J connectivity index is 1.04. The van der Waals surface area contributed by atoms with Crippen LogP contribution in [0.1, 0.15) is 0 Å². The molecule has 0 fully saturated rings. The topological polar surface area (TPSA) is 29.5 Å². The Bertz CT molecular complexity index is 3900. The highest BCUT2D eigenvalue weighted by Crippen LogP contribution is 2.48. The Morgan fingerprint density at radius 2 is 0.841 bits per heavy atom. The van der Waals surface area contributed by atoms with Crippen LogP contribution in [0, 0.1) is 0 Å². The second-order valence-electron chi connectivity index (χ2n) is 16.4. The average molecular weight is 804 g/mol. The van der Waals surface area contributed by atoms with Crippen LogP contribution < -0.4 is 4.90 Å². The van der Waals surface area contributed by atoms with Crippen LogP contribution in [0.25, 0.3) is 110 Å². The Labute approximate surface area is 363 Å². The first-order valence-corrected chi connectivity index (χ1v) is 21.5. The van der Waals surface area contributed by atoms with Gasteiger partial charge in [-0.25, -0.2) is 0 Å². The SMILES string of the molecule is c1ccc(-c2ccc(N(c3ccc(-c4cccc5c4oc4ccccc45)cc3)c3cccc4c3oc3c(-c5cc6ccccc6c6ccccc56)c5ccccc5cc34)cc2)cc1. The van der Waals surface area contributed by atoms with Crippen LogP contribution in [0.5, 0.6) is 0 Å². The molecule has 13 rings (SSSR count). The maximum Gasteiger partial charge on any atom is 0.159 e. The number of furan rings is 2. The second-order valence-corrected chi connectivity index (χ2v) is 16.4. The maximum atomic E-state index is 7.37. The van der Waals surface area contributed by atoms with Gasteiger partial charge in [0.05, 0.1) is 5.69 Å². The van der Waals surface area contributed by atoms with Gasteiger partial charge in [0, 0.05) is 44.0 Å². The lowest BCUT2D eigenvalue weighted by atomic mass is 9.89. The number of benzene rings is 11. The van der Waals surface area contributed by atoms with Crippen LogP contribution in [0.2, 0.25) is 0 Å². The van der Waals surface area contributed by atoms with Crippen molar-refractivity contribution in [3.63, 3.8) is 0 Å². The third-order valence-electron chi connectivity index (χ3n) is 12.8. The fourth-order valence-corrected chi connectivity index (χ4v) is 9.91. The lowest BCUT2D eigenvalue weighted by Crippen LogP contribution is -2.10. The third-order valence-corrected chi connectivity index (χ3v) is 12.8. The molecule has 3 nitrogen and oxygen atoms in total. The van der Waals surface area contributed by atoms with E-state index in [0.29, 0.717) is 0 Å². The summed E-state index contributed by atoms with van der Waals surface area (Å²) in [6.45, 7) is 0. The fourth-order valence-electron chi connectivity index (χ4n) is 9.91. The molecular weight excluding hydrogens is 767 g/mol. The normalized spacial score (nSPS) is 11.8. The molecule has 0 N–H and O–H groups in total. The van der Waals surface area contributed by atoms with Gasteiger partial charge in [0.1, 0.15) is 16.7 Å². The van der Waals surface area contributed by atoms with E-state index in [1.807, 2.05) is 12.1 Å². The molecule has 0 atom stereocenters. The Morgan fingerprint density at radius 3 is 1.60 bits per heavy atom. The van der Waals surface area contributed by atoms with E-state index in [-0.39, 0.29) is 0 Å².